The monoisotopic (exact) mass is 242 g/mol. The van der Waals surface area contributed by atoms with Crippen LogP contribution in [0.5, 0.6) is 0 Å². The van der Waals surface area contributed by atoms with Crippen molar-refractivity contribution in [3.8, 4) is 0 Å². The van der Waals surface area contributed by atoms with Crippen LogP contribution in [-0.2, 0) is 6.54 Å². The van der Waals surface area contributed by atoms with E-state index < -0.39 is 11.6 Å². The summed E-state index contributed by atoms with van der Waals surface area (Å²) >= 11 is 0. The first kappa shape index (κ1) is 14.1. The van der Waals surface area contributed by atoms with Crippen LogP contribution >= 0.6 is 0 Å². The summed E-state index contributed by atoms with van der Waals surface area (Å²) in [7, 11) is 0. The fourth-order valence-corrected chi connectivity index (χ4v) is 1.67. The van der Waals surface area contributed by atoms with Gasteiger partial charge in [0, 0.05) is 25.2 Å². The lowest BCUT2D eigenvalue weighted by Gasteiger charge is -2.20. The molecule has 0 bridgehead atoms. The Morgan fingerprint density at radius 1 is 1.24 bits per heavy atom. The molecule has 0 amide bonds. The molecule has 1 aromatic carbocycles. The predicted octanol–water partition coefficient (Wildman–Crippen LogP) is 2.40. The maximum atomic E-state index is 13.5. The zero-order valence-electron chi connectivity index (χ0n) is 10.5. The number of hydrogen-bond donors (Lipinski definition) is 1. The Bertz CT molecular complexity index is 342. The second kappa shape index (κ2) is 7.35. The van der Waals surface area contributed by atoms with E-state index in [1.807, 2.05) is 13.8 Å². The second-order valence-corrected chi connectivity index (χ2v) is 3.94. The van der Waals surface area contributed by atoms with E-state index in [9.17, 15) is 8.78 Å². The first-order valence-electron chi connectivity index (χ1n) is 6.05. The Kier molecular flexibility index (Phi) is 6.08. The van der Waals surface area contributed by atoms with Gasteiger partial charge in [0.15, 0.2) is 11.6 Å². The van der Waals surface area contributed by atoms with Gasteiger partial charge in [-0.2, -0.15) is 0 Å². The standard InChI is InChI=1S/C13H20F2N2/c1-3-16-8-9-17(4-2)10-11-6-5-7-12(14)13(11)15/h5-7,16H,3-4,8-10H2,1-2H3. The van der Waals surface area contributed by atoms with Crippen molar-refractivity contribution in [2.45, 2.75) is 20.4 Å². The summed E-state index contributed by atoms with van der Waals surface area (Å²) < 4.78 is 26.5. The molecular formula is C13H20F2N2. The highest BCUT2D eigenvalue weighted by Crippen LogP contribution is 2.13. The quantitative estimate of drug-likeness (QED) is 0.739. The molecule has 17 heavy (non-hydrogen) atoms. The van der Waals surface area contributed by atoms with Gasteiger partial charge in [-0.05, 0) is 19.2 Å². The molecule has 0 saturated carbocycles. The van der Waals surface area contributed by atoms with Crippen molar-refractivity contribution in [3.05, 3.63) is 35.4 Å². The summed E-state index contributed by atoms with van der Waals surface area (Å²) in [6.07, 6.45) is 0. The molecule has 0 unspecified atom stereocenters. The van der Waals surface area contributed by atoms with Gasteiger partial charge in [-0.15, -0.1) is 0 Å². The molecule has 0 aliphatic rings. The van der Waals surface area contributed by atoms with Gasteiger partial charge in [0.1, 0.15) is 0 Å². The molecule has 0 heterocycles. The van der Waals surface area contributed by atoms with Gasteiger partial charge >= 0.3 is 0 Å². The third kappa shape index (κ3) is 4.40. The molecule has 4 heteroatoms. The third-order valence-electron chi connectivity index (χ3n) is 2.73. The van der Waals surface area contributed by atoms with Gasteiger partial charge < -0.3 is 5.32 Å². The molecule has 0 aliphatic carbocycles. The summed E-state index contributed by atoms with van der Waals surface area (Å²) in [5.74, 6) is -1.50. The molecule has 0 saturated heterocycles. The first-order chi connectivity index (χ1) is 8.19. The normalized spacial score (nSPS) is 11.1. The SMILES string of the molecule is CCNCCN(CC)Cc1cccc(F)c1F. The van der Waals surface area contributed by atoms with E-state index in [1.165, 1.54) is 0 Å². The van der Waals surface area contributed by atoms with Gasteiger partial charge in [-0.3, -0.25) is 4.90 Å². The van der Waals surface area contributed by atoms with E-state index in [-0.39, 0.29) is 0 Å². The van der Waals surface area contributed by atoms with Gasteiger partial charge in [-0.1, -0.05) is 26.0 Å². The Morgan fingerprint density at radius 3 is 2.65 bits per heavy atom. The number of likely N-dealkylation sites (N-methyl/N-ethyl adjacent to an activating group) is 2. The van der Waals surface area contributed by atoms with Crippen molar-refractivity contribution in [3.63, 3.8) is 0 Å². The maximum Gasteiger partial charge on any atom is 0.163 e. The van der Waals surface area contributed by atoms with Crippen molar-refractivity contribution in [2.24, 2.45) is 0 Å². The first-order valence-corrected chi connectivity index (χ1v) is 6.05. The average Bonchev–Trinajstić information content (AvgIpc) is 2.33. The fraction of sp³-hybridized carbons (Fsp3) is 0.538. The fourth-order valence-electron chi connectivity index (χ4n) is 1.67. The van der Waals surface area contributed by atoms with Crippen molar-refractivity contribution >= 4 is 0 Å². The highest BCUT2D eigenvalue weighted by atomic mass is 19.2. The highest BCUT2D eigenvalue weighted by molar-refractivity contribution is 5.18. The molecule has 2 nitrogen and oxygen atoms in total. The van der Waals surface area contributed by atoms with Gasteiger partial charge in [0.2, 0.25) is 0 Å². The smallest absolute Gasteiger partial charge is 0.163 e. The number of rotatable bonds is 7. The van der Waals surface area contributed by atoms with Gasteiger partial charge in [0.05, 0.1) is 0 Å². The summed E-state index contributed by atoms with van der Waals surface area (Å²) in [6, 6.07) is 4.33. The molecule has 0 aromatic heterocycles. The Hall–Kier alpha value is -1.00. The molecule has 1 aromatic rings. The second-order valence-electron chi connectivity index (χ2n) is 3.94. The van der Waals surface area contributed by atoms with Crippen LogP contribution < -0.4 is 5.32 Å². The molecule has 0 atom stereocenters. The largest absolute Gasteiger partial charge is 0.316 e. The minimum atomic E-state index is -0.773. The third-order valence-corrected chi connectivity index (χ3v) is 2.73. The minimum Gasteiger partial charge on any atom is -0.316 e. The molecular weight excluding hydrogens is 222 g/mol. The topological polar surface area (TPSA) is 15.3 Å². The van der Waals surface area contributed by atoms with Crippen LogP contribution in [0.2, 0.25) is 0 Å². The summed E-state index contributed by atoms with van der Waals surface area (Å²) in [5, 5.41) is 3.22. The van der Waals surface area contributed by atoms with Crippen molar-refractivity contribution in [1.82, 2.24) is 10.2 Å². The molecule has 0 fully saturated rings. The number of nitrogens with zero attached hydrogens (tertiary/aromatic N) is 1. The number of halogens is 2. The van der Waals surface area contributed by atoms with Crippen molar-refractivity contribution < 1.29 is 8.78 Å². The van der Waals surface area contributed by atoms with Crippen LogP contribution in [-0.4, -0.2) is 31.1 Å². The van der Waals surface area contributed by atoms with Crippen molar-refractivity contribution in [1.29, 1.82) is 0 Å². The maximum absolute atomic E-state index is 13.5. The molecule has 0 aliphatic heterocycles. The molecule has 0 spiro atoms. The summed E-state index contributed by atoms with van der Waals surface area (Å²) in [4.78, 5) is 2.08. The van der Waals surface area contributed by atoms with Crippen molar-refractivity contribution in [2.75, 3.05) is 26.2 Å². The lowest BCUT2D eigenvalue weighted by Crippen LogP contribution is -2.31. The van der Waals surface area contributed by atoms with Crippen LogP contribution in [0.1, 0.15) is 19.4 Å². The van der Waals surface area contributed by atoms with Gasteiger partial charge in [0.25, 0.3) is 0 Å². The highest BCUT2D eigenvalue weighted by Gasteiger charge is 2.10. The Balaban J connectivity index is 2.57. The van der Waals surface area contributed by atoms with E-state index in [4.69, 9.17) is 0 Å². The number of benzene rings is 1. The average molecular weight is 242 g/mol. The zero-order valence-corrected chi connectivity index (χ0v) is 10.5. The molecule has 96 valence electrons. The number of nitrogens with one attached hydrogen (secondary N) is 1. The van der Waals surface area contributed by atoms with E-state index in [2.05, 4.69) is 10.2 Å². The van der Waals surface area contributed by atoms with E-state index in [1.54, 1.807) is 12.1 Å². The summed E-state index contributed by atoms with van der Waals surface area (Å²) in [5.41, 5.74) is 0.420. The van der Waals surface area contributed by atoms with Crippen LogP contribution in [0.25, 0.3) is 0 Å². The summed E-state index contributed by atoms with van der Waals surface area (Å²) in [6.45, 7) is 7.95. The number of hydrogen-bond acceptors (Lipinski definition) is 2. The van der Waals surface area contributed by atoms with Crippen LogP contribution in [0, 0.1) is 11.6 Å². The van der Waals surface area contributed by atoms with E-state index >= 15 is 0 Å². The van der Waals surface area contributed by atoms with E-state index in [0.29, 0.717) is 12.1 Å². The molecule has 1 rings (SSSR count). The van der Waals surface area contributed by atoms with Gasteiger partial charge in [-0.25, -0.2) is 8.78 Å². The van der Waals surface area contributed by atoms with Crippen LogP contribution in [0.3, 0.4) is 0 Å². The Labute approximate surface area is 102 Å². The van der Waals surface area contributed by atoms with E-state index in [0.717, 1.165) is 32.2 Å². The molecule has 0 radical (unpaired) electrons. The zero-order chi connectivity index (χ0) is 12.7. The molecule has 1 N–H and O–H groups in total. The lowest BCUT2D eigenvalue weighted by molar-refractivity contribution is 0.274. The van der Waals surface area contributed by atoms with Crippen LogP contribution in [0.4, 0.5) is 8.78 Å². The minimum absolute atomic E-state index is 0.420. The Morgan fingerprint density at radius 2 is 2.00 bits per heavy atom. The predicted molar refractivity (Wildman–Crippen MR) is 65.9 cm³/mol. The van der Waals surface area contributed by atoms with Crippen LogP contribution in [0.15, 0.2) is 18.2 Å². The lowest BCUT2D eigenvalue weighted by atomic mass is 10.2.